The van der Waals surface area contributed by atoms with Gasteiger partial charge < -0.3 is 5.32 Å². The number of nitrogens with zero attached hydrogens (tertiary/aromatic N) is 1. The summed E-state index contributed by atoms with van der Waals surface area (Å²) in [6.45, 7) is 0. The zero-order valence-corrected chi connectivity index (χ0v) is 9.58. The molecule has 0 unspecified atom stereocenters. The molecule has 0 bridgehead atoms. The van der Waals surface area contributed by atoms with Gasteiger partial charge in [-0.25, -0.2) is 0 Å². The van der Waals surface area contributed by atoms with E-state index in [1.165, 1.54) is 13.1 Å². The number of hydrogen-bond acceptors (Lipinski definition) is 3. The van der Waals surface area contributed by atoms with Gasteiger partial charge in [0, 0.05) is 23.2 Å². The fraction of sp³-hybridized carbons (Fsp3) is 0.222. The van der Waals surface area contributed by atoms with Crippen molar-refractivity contribution in [3.63, 3.8) is 0 Å². The van der Waals surface area contributed by atoms with Gasteiger partial charge in [-0.05, 0) is 12.1 Å². The van der Waals surface area contributed by atoms with Gasteiger partial charge in [-0.1, -0.05) is 15.9 Å². The normalized spacial score (nSPS) is 9.73. The molecule has 1 N–H and O–H groups in total. The van der Waals surface area contributed by atoms with E-state index >= 15 is 0 Å². The highest BCUT2D eigenvalue weighted by molar-refractivity contribution is 9.10. The highest BCUT2D eigenvalue weighted by Gasteiger charge is 2.15. The van der Waals surface area contributed by atoms with Crippen LogP contribution in [0, 0.1) is 10.1 Å². The van der Waals surface area contributed by atoms with Gasteiger partial charge in [0.2, 0.25) is 5.91 Å². The Morgan fingerprint density at radius 3 is 2.80 bits per heavy atom. The molecule has 15 heavy (non-hydrogen) atoms. The standard InChI is InChI=1S/C9H9BrN2O3/c1-11-9(13)5-6-4-7(10)2-3-8(6)12(14)15/h2-4H,5H2,1H3,(H,11,13). The van der Waals surface area contributed by atoms with E-state index in [0.29, 0.717) is 10.0 Å². The van der Waals surface area contributed by atoms with E-state index in [1.807, 2.05) is 0 Å². The molecule has 0 spiro atoms. The van der Waals surface area contributed by atoms with Crippen molar-refractivity contribution in [2.24, 2.45) is 0 Å². The van der Waals surface area contributed by atoms with Gasteiger partial charge >= 0.3 is 0 Å². The van der Waals surface area contributed by atoms with Crippen LogP contribution in [0.2, 0.25) is 0 Å². The van der Waals surface area contributed by atoms with Gasteiger partial charge in [-0.3, -0.25) is 14.9 Å². The predicted octanol–water partition coefficient (Wildman–Crippen LogP) is 1.65. The minimum absolute atomic E-state index is 0.00620. The van der Waals surface area contributed by atoms with Crippen LogP contribution in [0.1, 0.15) is 5.56 Å². The maximum atomic E-state index is 11.1. The second kappa shape index (κ2) is 4.88. The number of nitrogens with one attached hydrogen (secondary N) is 1. The van der Waals surface area contributed by atoms with E-state index in [-0.39, 0.29) is 18.0 Å². The van der Waals surface area contributed by atoms with E-state index in [2.05, 4.69) is 21.2 Å². The Kier molecular flexibility index (Phi) is 3.79. The fourth-order valence-corrected chi connectivity index (χ4v) is 1.54. The van der Waals surface area contributed by atoms with Crippen molar-refractivity contribution in [2.45, 2.75) is 6.42 Å². The van der Waals surface area contributed by atoms with E-state index in [9.17, 15) is 14.9 Å². The average Bonchev–Trinajstić information content (AvgIpc) is 2.17. The van der Waals surface area contributed by atoms with Crippen LogP contribution < -0.4 is 5.32 Å². The molecule has 1 aromatic rings. The van der Waals surface area contributed by atoms with Crippen LogP contribution in [0.15, 0.2) is 22.7 Å². The Balaban J connectivity index is 3.07. The van der Waals surface area contributed by atoms with Crippen molar-refractivity contribution in [1.29, 1.82) is 0 Å². The Labute approximate surface area is 94.8 Å². The predicted molar refractivity (Wildman–Crippen MR) is 58.6 cm³/mol. The molecule has 0 radical (unpaired) electrons. The molecule has 0 atom stereocenters. The largest absolute Gasteiger partial charge is 0.359 e. The molecule has 5 nitrogen and oxygen atoms in total. The number of hydrogen-bond donors (Lipinski definition) is 1. The number of nitro groups is 1. The van der Waals surface area contributed by atoms with Gasteiger partial charge in [0.05, 0.1) is 11.3 Å². The second-order valence-electron chi connectivity index (χ2n) is 2.88. The fourth-order valence-electron chi connectivity index (χ4n) is 1.14. The lowest BCUT2D eigenvalue weighted by Crippen LogP contribution is -2.20. The Bertz CT molecular complexity index is 406. The third kappa shape index (κ3) is 3.02. The molecule has 6 heteroatoms. The second-order valence-corrected chi connectivity index (χ2v) is 3.80. The molecule has 0 aliphatic carbocycles. The van der Waals surface area contributed by atoms with Gasteiger partial charge in [-0.2, -0.15) is 0 Å². The number of carbonyl (C=O) groups is 1. The van der Waals surface area contributed by atoms with Gasteiger partial charge in [-0.15, -0.1) is 0 Å². The van der Waals surface area contributed by atoms with Crippen LogP contribution in [0.25, 0.3) is 0 Å². The van der Waals surface area contributed by atoms with Crippen LogP contribution in [-0.2, 0) is 11.2 Å². The maximum absolute atomic E-state index is 11.1. The molecule has 1 aromatic carbocycles. The first-order valence-corrected chi connectivity index (χ1v) is 4.97. The van der Waals surface area contributed by atoms with Crippen molar-refractivity contribution in [1.82, 2.24) is 5.32 Å². The lowest BCUT2D eigenvalue weighted by molar-refractivity contribution is -0.385. The molecule has 0 saturated carbocycles. The summed E-state index contributed by atoms with van der Waals surface area (Å²) in [5, 5.41) is 13.1. The van der Waals surface area contributed by atoms with Crippen LogP contribution in [0.3, 0.4) is 0 Å². The van der Waals surface area contributed by atoms with E-state index < -0.39 is 4.92 Å². The summed E-state index contributed by atoms with van der Waals surface area (Å²) in [6.07, 6.45) is 0.00620. The SMILES string of the molecule is CNC(=O)Cc1cc(Br)ccc1[N+](=O)[O-]. The van der Waals surface area contributed by atoms with Gasteiger partial charge in [0.15, 0.2) is 0 Å². The first-order valence-electron chi connectivity index (χ1n) is 4.18. The van der Waals surface area contributed by atoms with Gasteiger partial charge in [0.1, 0.15) is 0 Å². The highest BCUT2D eigenvalue weighted by Crippen LogP contribution is 2.23. The monoisotopic (exact) mass is 272 g/mol. The minimum atomic E-state index is -0.495. The zero-order valence-electron chi connectivity index (χ0n) is 7.99. The number of halogens is 1. The zero-order chi connectivity index (χ0) is 11.4. The number of nitro benzene ring substituents is 1. The smallest absolute Gasteiger partial charge is 0.273 e. The molecular formula is C9H9BrN2O3. The number of benzene rings is 1. The van der Waals surface area contributed by atoms with Crippen molar-refractivity contribution < 1.29 is 9.72 Å². The molecule has 1 amide bonds. The molecule has 1 rings (SSSR count). The van der Waals surface area contributed by atoms with Crippen LogP contribution in [-0.4, -0.2) is 17.9 Å². The topological polar surface area (TPSA) is 72.2 Å². The third-order valence-electron chi connectivity index (χ3n) is 1.87. The quantitative estimate of drug-likeness (QED) is 0.672. The van der Waals surface area contributed by atoms with Crippen molar-refractivity contribution in [3.8, 4) is 0 Å². The van der Waals surface area contributed by atoms with Crippen LogP contribution in [0.5, 0.6) is 0 Å². The number of likely N-dealkylation sites (N-methyl/N-ethyl adjacent to an activating group) is 1. The molecule has 80 valence electrons. The number of carbonyl (C=O) groups excluding carboxylic acids is 1. The van der Waals surface area contributed by atoms with Gasteiger partial charge in [0.25, 0.3) is 5.69 Å². The average molecular weight is 273 g/mol. The van der Waals surface area contributed by atoms with Crippen molar-refractivity contribution in [2.75, 3.05) is 7.05 Å². The van der Waals surface area contributed by atoms with Crippen LogP contribution in [0.4, 0.5) is 5.69 Å². The van der Waals surface area contributed by atoms with Crippen molar-refractivity contribution >= 4 is 27.5 Å². The molecule has 0 saturated heterocycles. The van der Waals surface area contributed by atoms with E-state index in [4.69, 9.17) is 0 Å². The molecule has 0 fully saturated rings. The maximum Gasteiger partial charge on any atom is 0.273 e. The third-order valence-corrected chi connectivity index (χ3v) is 2.36. The van der Waals surface area contributed by atoms with Crippen LogP contribution >= 0.6 is 15.9 Å². The molecule has 0 heterocycles. The van der Waals surface area contributed by atoms with Crippen molar-refractivity contribution in [3.05, 3.63) is 38.3 Å². The van der Waals surface area contributed by atoms with E-state index in [0.717, 1.165) is 0 Å². The molecular weight excluding hydrogens is 264 g/mol. The molecule has 0 aromatic heterocycles. The number of rotatable bonds is 3. The Morgan fingerprint density at radius 2 is 2.27 bits per heavy atom. The Hall–Kier alpha value is -1.43. The summed E-state index contributed by atoms with van der Waals surface area (Å²) in [5.41, 5.74) is 0.357. The highest BCUT2D eigenvalue weighted by atomic mass is 79.9. The first-order chi connectivity index (χ1) is 7.04. The summed E-state index contributed by atoms with van der Waals surface area (Å²) in [5.74, 6) is -0.254. The lowest BCUT2D eigenvalue weighted by atomic mass is 10.1. The molecule has 0 aliphatic heterocycles. The summed E-state index contributed by atoms with van der Waals surface area (Å²) in [7, 11) is 1.49. The molecule has 0 aliphatic rings. The first kappa shape index (κ1) is 11.6. The summed E-state index contributed by atoms with van der Waals surface area (Å²) < 4.78 is 0.715. The number of amides is 1. The minimum Gasteiger partial charge on any atom is -0.359 e. The summed E-state index contributed by atoms with van der Waals surface area (Å²) in [6, 6.07) is 4.53. The Morgan fingerprint density at radius 1 is 1.60 bits per heavy atom. The summed E-state index contributed by atoms with van der Waals surface area (Å²) >= 11 is 3.20. The van der Waals surface area contributed by atoms with E-state index in [1.54, 1.807) is 12.1 Å². The summed E-state index contributed by atoms with van der Waals surface area (Å²) in [4.78, 5) is 21.3. The lowest BCUT2D eigenvalue weighted by Gasteiger charge is -2.02.